The molecule has 0 amide bonds. The number of nitrogens with two attached hydrogens (primary N) is 1. The Morgan fingerprint density at radius 3 is 2.21 bits per heavy atom. The first kappa shape index (κ1) is 11.8. The first-order valence-corrected chi connectivity index (χ1v) is 6.14. The summed E-state index contributed by atoms with van der Waals surface area (Å²) in [4.78, 5) is 0. The largest absolute Gasteiger partial charge is 0.327 e. The number of hydrogen-bond acceptors (Lipinski definition) is 1. The normalized spacial score (nSPS) is 21.3. The van der Waals surface area contributed by atoms with Gasteiger partial charge in [0.05, 0.1) is 0 Å². The average molecular weight is 195 g/mol. The Balaban J connectivity index is 2.52. The van der Waals surface area contributed by atoms with Crippen LogP contribution in [0.15, 0.2) is 11.6 Å². The van der Waals surface area contributed by atoms with Gasteiger partial charge in [0.15, 0.2) is 0 Å². The van der Waals surface area contributed by atoms with Crippen molar-refractivity contribution in [3.05, 3.63) is 11.6 Å². The average Bonchev–Trinajstić information content (AvgIpc) is 2.41. The first-order chi connectivity index (χ1) is 6.74. The second-order valence-electron chi connectivity index (χ2n) is 4.85. The van der Waals surface area contributed by atoms with Gasteiger partial charge in [0.2, 0.25) is 0 Å². The van der Waals surface area contributed by atoms with Crippen molar-refractivity contribution in [3.63, 3.8) is 0 Å². The molecule has 0 heterocycles. The van der Waals surface area contributed by atoms with E-state index in [1.807, 2.05) is 0 Å². The zero-order chi connectivity index (χ0) is 10.4. The highest BCUT2D eigenvalue weighted by Crippen LogP contribution is 2.25. The van der Waals surface area contributed by atoms with Gasteiger partial charge in [-0.3, -0.25) is 0 Å². The molecule has 14 heavy (non-hydrogen) atoms. The minimum absolute atomic E-state index is 0.628. The summed E-state index contributed by atoms with van der Waals surface area (Å²) in [5, 5.41) is 0. The molecular weight excluding hydrogens is 170 g/mol. The van der Waals surface area contributed by atoms with Crippen molar-refractivity contribution < 1.29 is 0 Å². The lowest BCUT2D eigenvalue weighted by molar-refractivity contribution is 0.547. The van der Waals surface area contributed by atoms with E-state index in [9.17, 15) is 0 Å². The summed E-state index contributed by atoms with van der Waals surface area (Å²) in [5.41, 5.74) is 7.22. The molecule has 1 rings (SSSR count). The van der Waals surface area contributed by atoms with E-state index in [4.69, 9.17) is 5.73 Å². The third kappa shape index (κ3) is 3.83. The maximum Gasteiger partial charge on any atom is 0.0139 e. The Morgan fingerprint density at radius 2 is 1.79 bits per heavy atom. The second kappa shape index (κ2) is 6.23. The van der Waals surface area contributed by atoms with Gasteiger partial charge in [0.25, 0.3) is 0 Å². The van der Waals surface area contributed by atoms with Crippen LogP contribution in [0.25, 0.3) is 0 Å². The smallest absolute Gasteiger partial charge is 0.0139 e. The maximum absolute atomic E-state index is 5.76. The summed E-state index contributed by atoms with van der Waals surface area (Å²) < 4.78 is 0. The second-order valence-corrected chi connectivity index (χ2v) is 4.85. The fourth-order valence-corrected chi connectivity index (χ4v) is 2.28. The molecule has 1 aliphatic rings. The van der Waals surface area contributed by atoms with Gasteiger partial charge in [-0.05, 0) is 24.7 Å². The molecule has 1 nitrogen and oxygen atoms in total. The van der Waals surface area contributed by atoms with Crippen molar-refractivity contribution in [1.82, 2.24) is 0 Å². The molecule has 0 aromatic carbocycles. The van der Waals surface area contributed by atoms with Gasteiger partial charge in [-0.15, -0.1) is 0 Å². The monoisotopic (exact) mass is 195 g/mol. The molecule has 0 aromatic rings. The molecule has 0 atom stereocenters. The standard InChI is InChI=1S/C13H25N/c1-11(2)13(10-14)9-12-7-5-3-4-6-8-12/h9,11-12H,3-8,10,14H2,1-2H3. The van der Waals surface area contributed by atoms with Crippen LogP contribution in [0.3, 0.4) is 0 Å². The number of hydrogen-bond donors (Lipinski definition) is 1. The topological polar surface area (TPSA) is 26.0 Å². The van der Waals surface area contributed by atoms with Crippen molar-refractivity contribution in [2.75, 3.05) is 6.54 Å². The molecule has 1 fully saturated rings. The minimum atomic E-state index is 0.628. The van der Waals surface area contributed by atoms with E-state index >= 15 is 0 Å². The van der Waals surface area contributed by atoms with Crippen molar-refractivity contribution in [3.8, 4) is 0 Å². The molecule has 0 bridgehead atoms. The zero-order valence-corrected chi connectivity index (χ0v) is 9.76. The van der Waals surface area contributed by atoms with Crippen molar-refractivity contribution in [2.45, 2.75) is 52.4 Å². The third-order valence-electron chi connectivity index (χ3n) is 3.33. The molecule has 0 spiro atoms. The summed E-state index contributed by atoms with van der Waals surface area (Å²) in [6.07, 6.45) is 10.9. The molecule has 1 heteroatoms. The summed E-state index contributed by atoms with van der Waals surface area (Å²) in [5.74, 6) is 1.45. The van der Waals surface area contributed by atoms with E-state index < -0.39 is 0 Å². The van der Waals surface area contributed by atoms with Gasteiger partial charge in [0.1, 0.15) is 0 Å². The van der Waals surface area contributed by atoms with E-state index in [0.717, 1.165) is 12.5 Å². The van der Waals surface area contributed by atoms with Crippen molar-refractivity contribution >= 4 is 0 Å². The Bertz CT molecular complexity index is 174. The molecule has 0 aromatic heterocycles. The maximum atomic E-state index is 5.76. The molecule has 0 radical (unpaired) electrons. The zero-order valence-electron chi connectivity index (χ0n) is 9.76. The van der Waals surface area contributed by atoms with E-state index in [2.05, 4.69) is 19.9 Å². The van der Waals surface area contributed by atoms with Gasteiger partial charge in [0, 0.05) is 6.54 Å². The highest BCUT2D eigenvalue weighted by atomic mass is 14.5. The van der Waals surface area contributed by atoms with Crippen LogP contribution in [0.4, 0.5) is 0 Å². The number of allylic oxidation sites excluding steroid dienone is 1. The lowest BCUT2D eigenvalue weighted by Crippen LogP contribution is -2.10. The summed E-state index contributed by atoms with van der Waals surface area (Å²) >= 11 is 0. The van der Waals surface area contributed by atoms with Crippen molar-refractivity contribution in [2.24, 2.45) is 17.6 Å². The van der Waals surface area contributed by atoms with Crippen LogP contribution in [0.2, 0.25) is 0 Å². The molecule has 0 unspecified atom stereocenters. The van der Waals surface area contributed by atoms with Gasteiger partial charge in [-0.25, -0.2) is 0 Å². The quantitative estimate of drug-likeness (QED) is 0.541. The fraction of sp³-hybridized carbons (Fsp3) is 0.846. The predicted octanol–water partition coefficient (Wildman–Crippen LogP) is 3.50. The van der Waals surface area contributed by atoms with Crippen LogP contribution >= 0.6 is 0 Å². The van der Waals surface area contributed by atoms with Crippen LogP contribution in [0, 0.1) is 11.8 Å². The minimum Gasteiger partial charge on any atom is -0.327 e. The predicted molar refractivity (Wildman–Crippen MR) is 63.2 cm³/mol. The molecule has 0 aliphatic heterocycles. The molecular formula is C13H25N. The van der Waals surface area contributed by atoms with Crippen molar-refractivity contribution in [1.29, 1.82) is 0 Å². The molecule has 2 N–H and O–H groups in total. The Labute approximate surface area is 88.8 Å². The Kier molecular flexibility index (Phi) is 5.24. The van der Waals surface area contributed by atoms with Gasteiger partial charge >= 0.3 is 0 Å². The van der Waals surface area contributed by atoms with Crippen LogP contribution in [0.5, 0.6) is 0 Å². The highest BCUT2D eigenvalue weighted by molar-refractivity contribution is 5.08. The van der Waals surface area contributed by atoms with Crippen LogP contribution in [0.1, 0.15) is 52.4 Å². The van der Waals surface area contributed by atoms with Gasteiger partial charge in [-0.2, -0.15) is 0 Å². The van der Waals surface area contributed by atoms with E-state index in [-0.39, 0.29) is 0 Å². The first-order valence-electron chi connectivity index (χ1n) is 6.14. The lowest BCUT2D eigenvalue weighted by Gasteiger charge is -2.14. The summed E-state index contributed by atoms with van der Waals surface area (Å²) in [6.45, 7) is 5.24. The van der Waals surface area contributed by atoms with Crippen LogP contribution < -0.4 is 5.73 Å². The molecule has 1 aliphatic carbocycles. The molecule has 82 valence electrons. The summed E-state index contributed by atoms with van der Waals surface area (Å²) in [7, 11) is 0. The Hall–Kier alpha value is -0.300. The van der Waals surface area contributed by atoms with Gasteiger partial charge < -0.3 is 5.73 Å². The van der Waals surface area contributed by atoms with E-state index in [0.29, 0.717) is 5.92 Å². The lowest BCUT2D eigenvalue weighted by atomic mass is 9.93. The van der Waals surface area contributed by atoms with Crippen LogP contribution in [-0.4, -0.2) is 6.54 Å². The van der Waals surface area contributed by atoms with Gasteiger partial charge in [-0.1, -0.05) is 51.2 Å². The number of rotatable bonds is 3. The Morgan fingerprint density at radius 1 is 1.21 bits per heavy atom. The van der Waals surface area contributed by atoms with Crippen LogP contribution in [-0.2, 0) is 0 Å². The third-order valence-corrected chi connectivity index (χ3v) is 3.33. The van der Waals surface area contributed by atoms with E-state index in [1.54, 1.807) is 0 Å². The molecule has 1 saturated carbocycles. The molecule has 0 saturated heterocycles. The SMILES string of the molecule is CC(C)C(=CC1CCCCCC1)CN. The summed E-state index contributed by atoms with van der Waals surface area (Å²) in [6, 6.07) is 0. The fourth-order valence-electron chi connectivity index (χ4n) is 2.28. The highest BCUT2D eigenvalue weighted by Gasteiger charge is 2.11. The van der Waals surface area contributed by atoms with E-state index in [1.165, 1.54) is 44.1 Å².